The number of nitrogens with two attached hydrogens (primary N) is 3. The Morgan fingerprint density at radius 1 is 0.673 bits per heavy atom. The number of hydrogen-bond donors (Lipinski definition) is 20. The molecule has 13 rings (SSSR count). The van der Waals surface area contributed by atoms with Crippen LogP contribution in [0.5, 0.6) is 46.0 Å². The summed E-state index contributed by atoms with van der Waals surface area (Å²) in [6.07, 6.45) is -22.4. The fourth-order valence-electron chi connectivity index (χ4n) is 14.2. The lowest BCUT2D eigenvalue weighted by molar-refractivity contribution is -0.333. The average molecular weight is 1560 g/mol. The van der Waals surface area contributed by atoms with Crippen LogP contribution in [-0.2, 0) is 62.0 Å². The molecule has 0 radical (unpaired) electrons. The number of halogens is 1. The number of ether oxygens (including phenoxy) is 8. The standard InChI is InChI=1S/C73H89ClN10O26/c1-27(2)16-39(78-7)64(95)83-54-56(90)32-11-15-43(38(74)18-32)106-45-20-33-19-44(60(45)110-71-61(58(92)57(91)46(26-85)107-71)109-49-25-73(6,77)63(94)29(4)104-49)105-35-12-8-30(9-13-35)59(108-48-24-72(5,76)62(93)28(3)103-48)55-69(100)82-53(70(101)102)37-21-34(86)22-42(88)50(37)36-17-31(10-14-41(36)87)51(66(97)84-55)81-67(98)52(33)80-65(96)40(23-47(75)89)79-68(54)99/h8-15,17-22,27-29,39-40,46,48-49,51-59,61-63,71,78,85-88,90-94H,16,23-26,76-77H2,1-7H3,(H2,75,89)(H,79,99)(H,80,96)(H,81,98)(H,82,100)(H,83,95)(H,84,97)(H,101,102)/t28-,29+,39-,40+,46+,48-,49+,51-,52-,53-,54-,55+,56-,57+,58-,59-,61+,62-,63+,71-,72-,73+/m1/s1. The molecule has 23 N–H and O–H groups in total. The lowest BCUT2D eigenvalue weighted by atomic mass is 9.86. The smallest absolute Gasteiger partial charge is 0.330 e. The first-order valence-electron chi connectivity index (χ1n) is 35.2. The number of amides is 7. The third-order valence-corrected chi connectivity index (χ3v) is 20.4. The number of benzene rings is 5. The molecule has 110 heavy (non-hydrogen) atoms. The van der Waals surface area contributed by atoms with E-state index in [1.807, 2.05) is 13.8 Å². The molecule has 0 aliphatic carbocycles. The molecule has 8 heterocycles. The Kier molecular flexibility index (Phi) is 24.2. The number of carboxylic acid groups (broad SMARTS) is 1. The van der Waals surface area contributed by atoms with Gasteiger partial charge in [-0.25, -0.2) is 4.79 Å². The molecule has 37 heteroatoms. The maximum Gasteiger partial charge on any atom is 0.330 e. The van der Waals surface area contributed by atoms with Crippen molar-refractivity contribution in [2.45, 2.75) is 201 Å². The molecule has 8 aliphatic rings. The monoisotopic (exact) mass is 1560 g/mol. The minimum atomic E-state index is -2.34. The van der Waals surface area contributed by atoms with E-state index >= 15 is 19.2 Å². The molecule has 7 amide bonds. The van der Waals surface area contributed by atoms with Crippen molar-refractivity contribution in [1.82, 2.24) is 37.2 Å². The first kappa shape index (κ1) is 81.4. The molecule has 0 unspecified atom stereocenters. The van der Waals surface area contributed by atoms with Crippen molar-refractivity contribution in [3.8, 4) is 57.1 Å². The van der Waals surface area contributed by atoms with E-state index < -0.39 is 250 Å². The number of nitrogens with one attached hydrogen (secondary N) is 7. The summed E-state index contributed by atoms with van der Waals surface area (Å²) < 4.78 is 51.7. The molecule has 8 aliphatic heterocycles. The van der Waals surface area contributed by atoms with Gasteiger partial charge >= 0.3 is 5.97 Å². The summed E-state index contributed by atoms with van der Waals surface area (Å²) >= 11 is 7.13. The van der Waals surface area contributed by atoms with Gasteiger partial charge in [0.05, 0.1) is 48.5 Å². The van der Waals surface area contributed by atoms with Gasteiger partial charge in [0.2, 0.25) is 53.4 Å². The fourth-order valence-corrected chi connectivity index (χ4v) is 14.4. The van der Waals surface area contributed by atoms with E-state index in [2.05, 4.69) is 37.2 Å². The van der Waals surface area contributed by atoms with Crippen molar-refractivity contribution in [1.29, 1.82) is 0 Å². The van der Waals surface area contributed by atoms with E-state index in [1.54, 1.807) is 0 Å². The van der Waals surface area contributed by atoms with Crippen molar-refractivity contribution in [2.24, 2.45) is 23.1 Å². The van der Waals surface area contributed by atoms with Gasteiger partial charge in [-0.2, -0.15) is 0 Å². The van der Waals surface area contributed by atoms with Gasteiger partial charge in [-0.15, -0.1) is 0 Å². The molecule has 0 aromatic heterocycles. The number of likely N-dealkylation sites (N-methyl/N-ethyl adjacent to an activating group) is 1. The first-order chi connectivity index (χ1) is 51.8. The molecule has 5 aromatic carbocycles. The number of carbonyl (C=O) groups excluding carboxylic acids is 7. The third kappa shape index (κ3) is 17.3. The van der Waals surface area contributed by atoms with Crippen molar-refractivity contribution in [3.63, 3.8) is 0 Å². The zero-order chi connectivity index (χ0) is 80.0. The summed E-state index contributed by atoms with van der Waals surface area (Å²) in [6, 6.07) is 1.51. The Bertz CT molecular complexity index is 4350. The number of carbonyl (C=O) groups is 8. The van der Waals surface area contributed by atoms with Crippen LogP contribution in [0.25, 0.3) is 11.1 Å². The van der Waals surface area contributed by atoms with Crippen LogP contribution in [0.1, 0.15) is 125 Å². The molecule has 594 valence electrons. The summed E-state index contributed by atoms with van der Waals surface area (Å²) in [4.78, 5) is 120. The predicted molar refractivity (Wildman–Crippen MR) is 381 cm³/mol. The number of hydrogen-bond acceptors (Lipinski definition) is 28. The molecule has 36 nitrogen and oxygen atoms in total. The Labute approximate surface area is 633 Å². The molecule has 11 bridgehead atoms. The quantitative estimate of drug-likeness (QED) is 0.0639. The maximum absolute atomic E-state index is 16.3. The summed E-state index contributed by atoms with van der Waals surface area (Å²) in [5, 5.41) is 132. The molecule has 3 saturated heterocycles. The summed E-state index contributed by atoms with van der Waals surface area (Å²) in [7, 11) is 1.48. The number of carboxylic acids is 1. The van der Waals surface area contributed by atoms with Gasteiger partial charge < -0.3 is 143 Å². The molecule has 3 fully saturated rings. The minimum Gasteiger partial charge on any atom is -0.508 e. The summed E-state index contributed by atoms with van der Waals surface area (Å²) in [5.41, 5.74) is 13.6. The lowest BCUT2D eigenvalue weighted by Crippen LogP contribution is -2.64. The van der Waals surface area contributed by atoms with Crippen LogP contribution in [-0.4, -0.2) is 215 Å². The number of fused-ring (bicyclic) bond motifs is 15. The van der Waals surface area contributed by atoms with E-state index in [1.165, 1.54) is 71.1 Å². The normalized spacial score (nSPS) is 32.2. The zero-order valence-corrected chi connectivity index (χ0v) is 61.1. The molecule has 0 spiro atoms. The van der Waals surface area contributed by atoms with Crippen LogP contribution < -0.4 is 68.6 Å². The van der Waals surface area contributed by atoms with Crippen LogP contribution >= 0.6 is 11.6 Å². The van der Waals surface area contributed by atoms with Gasteiger partial charge in [-0.3, -0.25) is 33.6 Å². The number of aliphatic hydroxyl groups excluding tert-OH is 6. The van der Waals surface area contributed by atoms with Crippen molar-refractivity contribution >= 4 is 58.9 Å². The largest absolute Gasteiger partial charge is 0.508 e. The van der Waals surface area contributed by atoms with Crippen LogP contribution in [0, 0.1) is 5.92 Å². The van der Waals surface area contributed by atoms with E-state index in [4.69, 9.17) is 66.7 Å². The number of aromatic hydroxyl groups is 3. The van der Waals surface area contributed by atoms with Crippen molar-refractivity contribution in [3.05, 3.63) is 118 Å². The average Bonchev–Trinajstić information content (AvgIpc) is 0.765. The topological polar surface area (TPSA) is 575 Å². The second-order valence-corrected chi connectivity index (χ2v) is 29.5. The third-order valence-electron chi connectivity index (χ3n) is 20.1. The van der Waals surface area contributed by atoms with Gasteiger partial charge in [-0.1, -0.05) is 49.7 Å². The Hall–Kier alpha value is -9.61. The molecule has 0 saturated carbocycles. The van der Waals surface area contributed by atoms with E-state index in [-0.39, 0.29) is 58.4 Å². The van der Waals surface area contributed by atoms with Crippen LogP contribution in [0.15, 0.2) is 84.9 Å². The maximum atomic E-state index is 16.3. The van der Waals surface area contributed by atoms with Gasteiger partial charge in [0.15, 0.2) is 36.2 Å². The number of phenols is 3. The van der Waals surface area contributed by atoms with E-state index in [9.17, 15) is 70.2 Å². The van der Waals surface area contributed by atoms with Gasteiger partial charge in [0.25, 0.3) is 0 Å². The SMILES string of the molecule is CN[C@H](CC(C)C)C(=O)N[C@H]1C(=O)N[C@@H](CC(N)=O)C(=O)N[C@H]2C(=O)N[C@H]3C(=O)N[C@H](C(=O)N[C@@H](C(=O)O)c4cc(O)cc(O)c4-c4cc3ccc4O)[C@H](O[C@@H]3C[C@@](C)(N)[C@H](O)[C@@H](C)O3)c3ccc(cc3)Oc3cc2cc(c3O[C@H]2O[C@@H](CO)[C@H](O)[C@@H](O)[C@@H]2O[C@H]2C[C@](C)(N)[C@@H](O)[C@H](C)O2)Oc2ccc(cc2Cl)[C@H]1O. The number of aliphatic hydroxyl groups is 6. The highest BCUT2D eigenvalue weighted by Crippen LogP contribution is 2.50. The Morgan fingerprint density at radius 2 is 1.27 bits per heavy atom. The van der Waals surface area contributed by atoms with Crippen LogP contribution in [0.2, 0.25) is 5.02 Å². The molecule has 22 atom stereocenters. The highest BCUT2D eigenvalue weighted by Gasteiger charge is 2.52. The minimum absolute atomic E-state index is 0.0420. The Morgan fingerprint density at radius 3 is 1.87 bits per heavy atom. The first-order valence-corrected chi connectivity index (χ1v) is 35.6. The van der Waals surface area contributed by atoms with Crippen molar-refractivity contribution in [2.75, 3.05) is 13.7 Å². The van der Waals surface area contributed by atoms with Gasteiger partial charge in [0.1, 0.15) is 89.5 Å². The van der Waals surface area contributed by atoms with Crippen molar-refractivity contribution < 1.29 is 127 Å². The number of rotatable bonds is 15. The molecular formula is C73H89ClN10O26. The van der Waals surface area contributed by atoms with Crippen LogP contribution in [0.3, 0.4) is 0 Å². The van der Waals surface area contributed by atoms with Gasteiger partial charge in [0, 0.05) is 46.7 Å². The summed E-state index contributed by atoms with van der Waals surface area (Å²) in [6.45, 7) is 8.66. The predicted octanol–water partition coefficient (Wildman–Crippen LogP) is -0.310. The fraction of sp³-hybridized carbons (Fsp3) is 0.479. The lowest BCUT2D eigenvalue weighted by Gasteiger charge is -2.47. The van der Waals surface area contributed by atoms with Crippen LogP contribution in [0.4, 0.5) is 0 Å². The summed E-state index contributed by atoms with van der Waals surface area (Å²) in [5.74, 6) is -15.5. The highest BCUT2D eigenvalue weighted by atomic mass is 35.5. The zero-order valence-electron chi connectivity index (χ0n) is 60.4. The van der Waals surface area contributed by atoms with E-state index in [0.717, 1.165) is 48.5 Å². The molecule has 5 aromatic rings. The van der Waals surface area contributed by atoms with E-state index in [0.29, 0.717) is 0 Å². The highest BCUT2D eigenvalue weighted by molar-refractivity contribution is 6.32. The molecular weight excluding hydrogens is 1470 g/mol. The Balaban J connectivity index is 1.18. The number of phenolic OH excluding ortho intramolecular Hbond substituents is 3. The number of aliphatic carboxylic acids is 1. The van der Waals surface area contributed by atoms with Gasteiger partial charge in [-0.05, 0) is 124 Å². The second kappa shape index (κ2) is 32.8. The second-order valence-electron chi connectivity index (χ2n) is 29.1. The number of primary amides is 1.